The molecule has 0 fully saturated rings. The third kappa shape index (κ3) is 3.11. The molecule has 0 N–H and O–H groups in total. The summed E-state index contributed by atoms with van der Waals surface area (Å²) in [4.78, 5) is 14.5. The van der Waals surface area contributed by atoms with Crippen LogP contribution in [0.25, 0.3) is 0 Å². The number of carbonyl (C=O) groups is 1. The summed E-state index contributed by atoms with van der Waals surface area (Å²) in [6.45, 7) is 0.818. The molecule has 3 heteroatoms. The molecule has 2 aromatic carbocycles. The van der Waals surface area contributed by atoms with Crippen molar-refractivity contribution in [1.82, 2.24) is 0 Å². The maximum absolute atomic E-state index is 12.5. The zero-order chi connectivity index (χ0) is 14.7. The summed E-state index contributed by atoms with van der Waals surface area (Å²) < 4.78 is 0. The molecule has 0 radical (unpaired) electrons. The third-order valence-corrected chi connectivity index (χ3v) is 4.35. The van der Waals surface area contributed by atoms with E-state index < -0.39 is 0 Å². The van der Waals surface area contributed by atoms with Crippen LogP contribution in [-0.2, 0) is 17.6 Å². The van der Waals surface area contributed by atoms with Crippen molar-refractivity contribution in [3.8, 4) is 0 Å². The molecule has 0 bridgehead atoms. The zero-order valence-electron chi connectivity index (χ0n) is 11.9. The number of para-hydroxylation sites is 1. The molecule has 0 saturated carbocycles. The Bertz CT molecular complexity index is 653. The number of halogens is 1. The Kier molecular flexibility index (Phi) is 4.26. The van der Waals surface area contributed by atoms with Crippen molar-refractivity contribution in [2.24, 2.45) is 0 Å². The predicted molar refractivity (Wildman–Crippen MR) is 86.9 cm³/mol. The fourth-order valence-corrected chi connectivity index (χ4v) is 3.10. The number of benzene rings is 2. The normalized spacial score (nSPS) is 13.9. The van der Waals surface area contributed by atoms with Gasteiger partial charge in [-0.1, -0.05) is 48.0 Å². The van der Waals surface area contributed by atoms with Gasteiger partial charge in [-0.25, -0.2) is 0 Å². The third-order valence-electron chi connectivity index (χ3n) is 3.98. The summed E-state index contributed by atoms with van der Waals surface area (Å²) >= 11 is 6.15. The van der Waals surface area contributed by atoms with E-state index in [9.17, 15) is 4.79 Å². The van der Waals surface area contributed by atoms with Gasteiger partial charge in [-0.2, -0.15) is 0 Å². The molecule has 1 aliphatic rings. The second-order valence-electron chi connectivity index (χ2n) is 5.37. The summed E-state index contributed by atoms with van der Waals surface area (Å²) in [6, 6.07) is 15.9. The monoisotopic (exact) mass is 299 g/mol. The molecule has 0 unspecified atom stereocenters. The van der Waals surface area contributed by atoms with Crippen molar-refractivity contribution in [3.05, 3.63) is 64.7 Å². The lowest BCUT2D eigenvalue weighted by molar-refractivity contribution is -0.118. The van der Waals surface area contributed by atoms with Crippen LogP contribution in [0, 0.1) is 0 Å². The summed E-state index contributed by atoms with van der Waals surface area (Å²) in [7, 11) is 0. The largest absolute Gasteiger partial charge is 0.312 e. The van der Waals surface area contributed by atoms with Gasteiger partial charge in [0.2, 0.25) is 5.91 Å². The van der Waals surface area contributed by atoms with Crippen LogP contribution in [0.4, 0.5) is 5.69 Å². The van der Waals surface area contributed by atoms with Crippen molar-refractivity contribution in [2.45, 2.75) is 25.7 Å². The van der Waals surface area contributed by atoms with Gasteiger partial charge in [0.1, 0.15) is 0 Å². The molecular formula is C18H18ClNO. The Labute approximate surface area is 130 Å². The van der Waals surface area contributed by atoms with Gasteiger partial charge in [0.05, 0.1) is 0 Å². The van der Waals surface area contributed by atoms with Crippen LogP contribution in [0.3, 0.4) is 0 Å². The highest BCUT2D eigenvalue weighted by Crippen LogP contribution is 2.27. The molecule has 21 heavy (non-hydrogen) atoms. The van der Waals surface area contributed by atoms with Crippen molar-refractivity contribution in [2.75, 3.05) is 11.4 Å². The van der Waals surface area contributed by atoms with E-state index in [2.05, 4.69) is 6.07 Å². The topological polar surface area (TPSA) is 20.3 Å². The van der Waals surface area contributed by atoms with Crippen LogP contribution in [0.5, 0.6) is 0 Å². The van der Waals surface area contributed by atoms with Crippen molar-refractivity contribution < 1.29 is 4.79 Å². The number of rotatable bonds is 3. The summed E-state index contributed by atoms with van der Waals surface area (Å²) in [5.74, 6) is 0.182. The van der Waals surface area contributed by atoms with Gasteiger partial charge in [-0.15, -0.1) is 0 Å². The highest BCUT2D eigenvalue weighted by atomic mass is 35.5. The quantitative estimate of drug-likeness (QED) is 0.829. The zero-order valence-corrected chi connectivity index (χ0v) is 12.6. The lowest BCUT2D eigenvalue weighted by Gasteiger charge is -2.29. The first-order valence-corrected chi connectivity index (χ1v) is 7.75. The average Bonchev–Trinajstić information content (AvgIpc) is 2.53. The average molecular weight is 300 g/mol. The highest BCUT2D eigenvalue weighted by molar-refractivity contribution is 6.31. The summed E-state index contributed by atoms with van der Waals surface area (Å²) in [5, 5.41) is 0.740. The van der Waals surface area contributed by atoms with E-state index in [-0.39, 0.29) is 5.91 Å². The van der Waals surface area contributed by atoms with Crippen LogP contribution in [-0.4, -0.2) is 12.5 Å². The van der Waals surface area contributed by atoms with Gasteiger partial charge < -0.3 is 4.90 Å². The predicted octanol–water partition coefficient (Wildman–Crippen LogP) is 4.25. The summed E-state index contributed by atoms with van der Waals surface area (Å²) in [5.41, 5.74) is 3.39. The molecule has 0 saturated heterocycles. The number of hydrogen-bond acceptors (Lipinski definition) is 1. The first-order chi connectivity index (χ1) is 10.3. The SMILES string of the molecule is O=C(CCc1ccccc1Cl)N1CCCc2ccccc21. The minimum atomic E-state index is 0.182. The minimum absolute atomic E-state index is 0.182. The van der Waals surface area contributed by atoms with Gasteiger partial charge >= 0.3 is 0 Å². The second kappa shape index (κ2) is 6.31. The number of nitrogens with zero attached hydrogens (tertiary/aromatic N) is 1. The number of fused-ring (bicyclic) bond motifs is 1. The van der Waals surface area contributed by atoms with Crippen LogP contribution in [0.15, 0.2) is 48.5 Å². The van der Waals surface area contributed by atoms with E-state index in [1.165, 1.54) is 5.56 Å². The highest BCUT2D eigenvalue weighted by Gasteiger charge is 2.21. The number of aryl methyl sites for hydroxylation is 2. The van der Waals surface area contributed by atoms with E-state index in [1.807, 2.05) is 47.4 Å². The van der Waals surface area contributed by atoms with Gasteiger partial charge in [0.25, 0.3) is 0 Å². The smallest absolute Gasteiger partial charge is 0.227 e. The Morgan fingerprint density at radius 1 is 1.10 bits per heavy atom. The number of carbonyl (C=O) groups excluding carboxylic acids is 1. The Hall–Kier alpha value is -1.80. The number of amides is 1. The molecule has 3 rings (SSSR count). The molecule has 108 valence electrons. The maximum atomic E-state index is 12.5. The first kappa shape index (κ1) is 14.2. The van der Waals surface area contributed by atoms with Gasteiger partial charge in [0, 0.05) is 23.7 Å². The molecular weight excluding hydrogens is 282 g/mol. The van der Waals surface area contributed by atoms with Crippen LogP contribution in [0.1, 0.15) is 24.0 Å². The lowest BCUT2D eigenvalue weighted by atomic mass is 10.0. The minimum Gasteiger partial charge on any atom is -0.312 e. The molecule has 1 aliphatic heterocycles. The van der Waals surface area contributed by atoms with Crippen molar-refractivity contribution >= 4 is 23.2 Å². The molecule has 2 aromatic rings. The number of anilines is 1. The van der Waals surface area contributed by atoms with E-state index in [0.717, 1.165) is 35.7 Å². The van der Waals surface area contributed by atoms with E-state index >= 15 is 0 Å². The van der Waals surface area contributed by atoms with Gasteiger partial charge in [-0.05, 0) is 42.5 Å². The molecule has 0 atom stereocenters. The van der Waals surface area contributed by atoms with Crippen LogP contribution < -0.4 is 4.90 Å². The van der Waals surface area contributed by atoms with E-state index in [4.69, 9.17) is 11.6 Å². The molecule has 0 aliphatic carbocycles. The summed E-state index contributed by atoms with van der Waals surface area (Å²) in [6.07, 6.45) is 3.29. The number of hydrogen-bond donors (Lipinski definition) is 0. The fraction of sp³-hybridized carbons (Fsp3) is 0.278. The van der Waals surface area contributed by atoms with Gasteiger partial charge in [-0.3, -0.25) is 4.79 Å². The van der Waals surface area contributed by atoms with Crippen molar-refractivity contribution in [3.63, 3.8) is 0 Å². The molecule has 1 amide bonds. The molecule has 2 nitrogen and oxygen atoms in total. The Morgan fingerprint density at radius 2 is 1.86 bits per heavy atom. The van der Waals surface area contributed by atoms with Crippen molar-refractivity contribution in [1.29, 1.82) is 0 Å². The first-order valence-electron chi connectivity index (χ1n) is 7.37. The van der Waals surface area contributed by atoms with Crippen LogP contribution in [0.2, 0.25) is 5.02 Å². The van der Waals surface area contributed by atoms with E-state index in [1.54, 1.807) is 0 Å². The molecule has 1 heterocycles. The van der Waals surface area contributed by atoms with E-state index in [0.29, 0.717) is 12.8 Å². The standard InChI is InChI=1S/C18H18ClNO/c19-16-9-3-1-6-14(16)11-12-18(21)20-13-5-8-15-7-2-4-10-17(15)20/h1-4,6-7,9-10H,5,8,11-13H2. The maximum Gasteiger partial charge on any atom is 0.227 e. The molecule has 0 aromatic heterocycles. The lowest BCUT2D eigenvalue weighted by Crippen LogP contribution is -2.35. The van der Waals surface area contributed by atoms with Crippen LogP contribution >= 0.6 is 11.6 Å². The fourth-order valence-electron chi connectivity index (χ4n) is 2.87. The Balaban J connectivity index is 1.71. The second-order valence-corrected chi connectivity index (χ2v) is 5.78. The Morgan fingerprint density at radius 3 is 2.71 bits per heavy atom. The van der Waals surface area contributed by atoms with Gasteiger partial charge in [0.15, 0.2) is 0 Å². The molecule has 0 spiro atoms.